The molecule has 0 aliphatic carbocycles. The maximum Gasteiger partial charge on any atom is 0.248 e. The van der Waals surface area contributed by atoms with E-state index in [-0.39, 0.29) is 18.6 Å². The number of hydrogen-bond acceptors (Lipinski definition) is 5. The summed E-state index contributed by atoms with van der Waals surface area (Å²) >= 11 is 0. The summed E-state index contributed by atoms with van der Waals surface area (Å²) in [5, 5.41) is 8.98. The monoisotopic (exact) mass is 315 g/mol. The van der Waals surface area contributed by atoms with Crippen LogP contribution in [0, 0.1) is 11.3 Å². The van der Waals surface area contributed by atoms with Gasteiger partial charge in [-0.15, -0.1) is 0 Å². The number of benzene rings is 1. The Morgan fingerprint density at radius 3 is 2.87 bits per heavy atom. The van der Waals surface area contributed by atoms with Crippen LogP contribution in [0.15, 0.2) is 24.3 Å². The molecule has 2 aliphatic rings. The van der Waals surface area contributed by atoms with Gasteiger partial charge in [0.1, 0.15) is 6.61 Å². The summed E-state index contributed by atoms with van der Waals surface area (Å²) in [7, 11) is 0. The molecule has 0 radical (unpaired) electrons. The third kappa shape index (κ3) is 4.01. The molecule has 2 saturated heterocycles. The predicted molar refractivity (Wildman–Crippen MR) is 85.1 cm³/mol. The van der Waals surface area contributed by atoms with Gasteiger partial charge in [0, 0.05) is 38.5 Å². The Hall–Kier alpha value is -2.10. The van der Waals surface area contributed by atoms with Crippen LogP contribution < -0.4 is 4.90 Å². The molecular weight excluding hydrogens is 294 g/mol. The standard InChI is InChI=1S/C17H21N3O3/c18-11-14-2-1-3-15(10-14)19-5-7-20(8-6-19)17(21)13-23-16-4-9-22-12-16/h1-3,10,16H,4-9,12-13H2/t16-/m0/s1. The van der Waals surface area contributed by atoms with E-state index < -0.39 is 0 Å². The van der Waals surface area contributed by atoms with E-state index in [1.54, 1.807) is 6.07 Å². The Morgan fingerprint density at radius 2 is 2.17 bits per heavy atom. The van der Waals surface area contributed by atoms with Gasteiger partial charge in [0.05, 0.1) is 24.3 Å². The normalized spacial score (nSPS) is 21.3. The molecule has 2 aliphatic heterocycles. The highest BCUT2D eigenvalue weighted by Crippen LogP contribution is 2.18. The fraction of sp³-hybridized carbons (Fsp3) is 0.529. The zero-order valence-electron chi connectivity index (χ0n) is 13.1. The van der Waals surface area contributed by atoms with Crippen molar-refractivity contribution >= 4 is 11.6 Å². The summed E-state index contributed by atoms with van der Waals surface area (Å²) in [6.07, 6.45) is 0.935. The molecule has 0 unspecified atom stereocenters. The van der Waals surface area contributed by atoms with Crippen molar-refractivity contribution < 1.29 is 14.3 Å². The van der Waals surface area contributed by atoms with E-state index in [9.17, 15) is 4.79 Å². The maximum atomic E-state index is 12.2. The molecular formula is C17H21N3O3. The van der Waals surface area contributed by atoms with Gasteiger partial charge in [-0.25, -0.2) is 0 Å². The Labute approximate surface area is 136 Å². The molecule has 1 amide bonds. The molecule has 0 aromatic heterocycles. The molecule has 1 aromatic carbocycles. The second-order valence-corrected chi connectivity index (χ2v) is 5.83. The van der Waals surface area contributed by atoms with Crippen LogP contribution in [-0.4, -0.2) is 62.9 Å². The Morgan fingerprint density at radius 1 is 1.35 bits per heavy atom. The van der Waals surface area contributed by atoms with Gasteiger partial charge in [-0.2, -0.15) is 5.26 Å². The van der Waals surface area contributed by atoms with Crippen molar-refractivity contribution in [2.45, 2.75) is 12.5 Å². The van der Waals surface area contributed by atoms with Crippen molar-refractivity contribution in [2.75, 3.05) is 50.9 Å². The molecule has 0 bridgehead atoms. The Bertz CT molecular complexity index is 585. The Balaban J connectivity index is 1.47. The third-order valence-corrected chi connectivity index (χ3v) is 4.30. The van der Waals surface area contributed by atoms with Crippen LogP contribution in [-0.2, 0) is 14.3 Å². The SMILES string of the molecule is N#Cc1cccc(N2CCN(C(=O)CO[C@H]3CCOC3)CC2)c1. The number of amides is 1. The number of rotatable bonds is 4. The van der Waals surface area contributed by atoms with Gasteiger partial charge in [-0.05, 0) is 24.6 Å². The van der Waals surface area contributed by atoms with E-state index >= 15 is 0 Å². The lowest BCUT2D eigenvalue weighted by Gasteiger charge is -2.36. The summed E-state index contributed by atoms with van der Waals surface area (Å²) in [5.41, 5.74) is 1.70. The van der Waals surface area contributed by atoms with Gasteiger partial charge in [0.15, 0.2) is 0 Å². The lowest BCUT2D eigenvalue weighted by Crippen LogP contribution is -2.50. The van der Waals surface area contributed by atoms with Gasteiger partial charge in [-0.3, -0.25) is 4.79 Å². The summed E-state index contributed by atoms with van der Waals surface area (Å²) in [6.45, 7) is 4.36. The molecule has 3 rings (SSSR count). The topological polar surface area (TPSA) is 65.8 Å². The predicted octanol–water partition coefficient (Wildman–Crippen LogP) is 1.01. The molecule has 6 heteroatoms. The fourth-order valence-electron chi connectivity index (χ4n) is 2.91. The van der Waals surface area contributed by atoms with Crippen LogP contribution in [0.3, 0.4) is 0 Å². The first-order valence-electron chi connectivity index (χ1n) is 7.98. The average molecular weight is 315 g/mol. The number of carbonyl (C=O) groups is 1. The van der Waals surface area contributed by atoms with Crippen molar-refractivity contribution in [3.05, 3.63) is 29.8 Å². The first-order valence-corrected chi connectivity index (χ1v) is 7.98. The maximum absolute atomic E-state index is 12.2. The second kappa shape index (κ2) is 7.44. The van der Waals surface area contributed by atoms with Gasteiger partial charge >= 0.3 is 0 Å². The minimum atomic E-state index is 0.0438. The van der Waals surface area contributed by atoms with Gasteiger partial charge in [-0.1, -0.05) is 6.07 Å². The van der Waals surface area contributed by atoms with Crippen molar-refractivity contribution in [3.63, 3.8) is 0 Å². The summed E-state index contributed by atoms with van der Waals surface area (Å²) < 4.78 is 10.8. The lowest BCUT2D eigenvalue weighted by atomic mass is 10.2. The number of nitrogens with zero attached hydrogens (tertiary/aromatic N) is 3. The van der Waals surface area contributed by atoms with E-state index in [0.29, 0.717) is 25.3 Å². The van der Waals surface area contributed by atoms with Crippen molar-refractivity contribution in [1.82, 2.24) is 4.90 Å². The van der Waals surface area contributed by atoms with Crippen molar-refractivity contribution in [3.8, 4) is 6.07 Å². The highest BCUT2D eigenvalue weighted by Gasteiger charge is 2.23. The third-order valence-electron chi connectivity index (χ3n) is 4.30. The number of ether oxygens (including phenoxy) is 2. The van der Waals surface area contributed by atoms with E-state index in [0.717, 1.165) is 31.8 Å². The number of nitriles is 1. The Kier molecular flexibility index (Phi) is 5.11. The first-order chi connectivity index (χ1) is 11.3. The molecule has 2 fully saturated rings. The molecule has 0 N–H and O–H groups in total. The van der Waals surface area contributed by atoms with Crippen molar-refractivity contribution in [2.24, 2.45) is 0 Å². The van der Waals surface area contributed by atoms with Crippen LogP contribution in [0.1, 0.15) is 12.0 Å². The van der Waals surface area contributed by atoms with E-state index in [4.69, 9.17) is 14.7 Å². The number of carbonyl (C=O) groups excluding carboxylic acids is 1. The van der Waals surface area contributed by atoms with E-state index in [1.165, 1.54) is 0 Å². The quantitative estimate of drug-likeness (QED) is 0.830. The molecule has 6 nitrogen and oxygen atoms in total. The highest BCUT2D eigenvalue weighted by molar-refractivity contribution is 5.77. The molecule has 1 aromatic rings. The molecule has 2 heterocycles. The van der Waals surface area contributed by atoms with Gasteiger partial charge in [0.25, 0.3) is 0 Å². The van der Waals surface area contributed by atoms with Crippen LogP contribution in [0.5, 0.6) is 0 Å². The lowest BCUT2D eigenvalue weighted by molar-refractivity contribution is -0.138. The second-order valence-electron chi connectivity index (χ2n) is 5.83. The highest BCUT2D eigenvalue weighted by atomic mass is 16.5. The van der Waals surface area contributed by atoms with Crippen LogP contribution in [0.25, 0.3) is 0 Å². The molecule has 0 spiro atoms. The molecule has 122 valence electrons. The largest absolute Gasteiger partial charge is 0.379 e. The summed E-state index contributed by atoms with van der Waals surface area (Å²) in [5.74, 6) is 0.0438. The smallest absolute Gasteiger partial charge is 0.248 e. The number of hydrogen-bond donors (Lipinski definition) is 0. The van der Waals surface area contributed by atoms with E-state index in [1.807, 2.05) is 23.1 Å². The molecule has 23 heavy (non-hydrogen) atoms. The minimum absolute atomic E-state index is 0.0438. The van der Waals surface area contributed by atoms with Gasteiger partial charge in [0.2, 0.25) is 5.91 Å². The van der Waals surface area contributed by atoms with Crippen LogP contribution in [0.4, 0.5) is 5.69 Å². The zero-order valence-corrected chi connectivity index (χ0v) is 13.1. The van der Waals surface area contributed by atoms with Gasteiger partial charge < -0.3 is 19.3 Å². The molecule has 1 atom stereocenters. The van der Waals surface area contributed by atoms with Crippen molar-refractivity contribution in [1.29, 1.82) is 5.26 Å². The fourth-order valence-corrected chi connectivity index (χ4v) is 2.91. The van der Waals surface area contributed by atoms with Crippen LogP contribution >= 0.6 is 0 Å². The number of piperazine rings is 1. The first kappa shape index (κ1) is 15.8. The molecule has 0 saturated carbocycles. The summed E-state index contributed by atoms with van der Waals surface area (Å²) in [4.78, 5) is 16.2. The minimum Gasteiger partial charge on any atom is -0.379 e. The zero-order chi connectivity index (χ0) is 16.1. The average Bonchev–Trinajstić information content (AvgIpc) is 3.13. The van der Waals surface area contributed by atoms with Crippen LogP contribution in [0.2, 0.25) is 0 Å². The van der Waals surface area contributed by atoms with E-state index in [2.05, 4.69) is 11.0 Å². The summed E-state index contributed by atoms with van der Waals surface area (Å²) in [6, 6.07) is 9.74. The number of anilines is 1.